The third kappa shape index (κ3) is 2.49. The highest BCUT2D eigenvalue weighted by atomic mass is 16.5. The Morgan fingerprint density at radius 2 is 1.78 bits per heavy atom. The van der Waals surface area contributed by atoms with E-state index in [1.807, 2.05) is 51.1 Å². The Hall–Kier alpha value is -2.34. The second-order valence-electron chi connectivity index (χ2n) is 4.29. The fraction of sp³-hybridized carbons (Fsp3) is 0.200. The van der Waals surface area contributed by atoms with E-state index in [4.69, 9.17) is 10.00 Å². The van der Waals surface area contributed by atoms with Gasteiger partial charge in [-0.1, -0.05) is 17.7 Å². The molecule has 0 aliphatic rings. The van der Waals surface area contributed by atoms with Gasteiger partial charge in [-0.3, -0.25) is 0 Å². The molecule has 0 radical (unpaired) electrons. The lowest BCUT2D eigenvalue weighted by molar-refractivity contribution is 0.459. The fourth-order valence-electron chi connectivity index (χ4n) is 1.73. The molecule has 0 N–H and O–H groups in total. The summed E-state index contributed by atoms with van der Waals surface area (Å²) in [5.74, 6) is 1.06. The Bertz CT molecular complexity index is 610. The molecule has 0 fully saturated rings. The van der Waals surface area contributed by atoms with Crippen LogP contribution in [0.1, 0.15) is 22.4 Å². The monoisotopic (exact) mass is 238 g/mol. The number of pyridine rings is 1. The number of hydrogen-bond acceptors (Lipinski definition) is 3. The Morgan fingerprint density at radius 3 is 2.39 bits per heavy atom. The van der Waals surface area contributed by atoms with Crippen LogP contribution in [-0.4, -0.2) is 4.98 Å². The van der Waals surface area contributed by atoms with Gasteiger partial charge in [0.25, 0.3) is 0 Å². The third-order valence-electron chi connectivity index (χ3n) is 2.66. The van der Waals surface area contributed by atoms with Crippen LogP contribution in [-0.2, 0) is 0 Å². The van der Waals surface area contributed by atoms with Gasteiger partial charge >= 0.3 is 0 Å². The molecule has 0 saturated carbocycles. The molecule has 0 amide bonds. The van der Waals surface area contributed by atoms with Gasteiger partial charge in [0.1, 0.15) is 17.4 Å². The maximum absolute atomic E-state index is 9.14. The van der Waals surface area contributed by atoms with E-state index in [9.17, 15) is 0 Å². The van der Waals surface area contributed by atoms with Gasteiger partial charge in [-0.25, -0.2) is 4.98 Å². The van der Waals surface area contributed by atoms with E-state index in [2.05, 4.69) is 11.1 Å². The van der Waals surface area contributed by atoms with Gasteiger partial charge in [0.2, 0.25) is 5.88 Å². The molecule has 0 bridgehead atoms. The molecule has 3 heteroatoms. The average molecular weight is 238 g/mol. The van der Waals surface area contributed by atoms with E-state index in [-0.39, 0.29) is 0 Å². The lowest BCUT2D eigenvalue weighted by Gasteiger charge is -2.09. The van der Waals surface area contributed by atoms with Crippen LogP contribution < -0.4 is 4.74 Å². The number of ether oxygens (including phenoxy) is 1. The van der Waals surface area contributed by atoms with Crippen LogP contribution in [0.2, 0.25) is 0 Å². The van der Waals surface area contributed by atoms with Gasteiger partial charge < -0.3 is 4.74 Å². The van der Waals surface area contributed by atoms with Gasteiger partial charge in [-0.2, -0.15) is 5.26 Å². The number of rotatable bonds is 2. The molecule has 1 heterocycles. The van der Waals surface area contributed by atoms with Crippen LogP contribution >= 0.6 is 0 Å². The predicted octanol–water partition coefficient (Wildman–Crippen LogP) is 3.67. The van der Waals surface area contributed by atoms with E-state index < -0.39 is 0 Å². The van der Waals surface area contributed by atoms with E-state index in [0.717, 1.165) is 16.8 Å². The van der Waals surface area contributed by atoms with Crippen molar-refractivity contribution in [3.05, 3.63) is 52.7 Å². The van der Waals surface area contributed by atoms with Crippen LogP contribution in [0.3, 0.4) is 0 Å². The van der Waals surface area contributed by atoms with Crippen LogP contribution in [0.15, 0.2) is 30.3 Å². The molecule has 0 atom stereocenters. The van der Waals surface area contributed by atoms with Crippen LogP contribution in [0.25, 0.3) is 0 Å². The van der Waals surface area contributed by atoms with E-state index in [0.29, 0.717) is 17.2 Å². The number of aromatic nitrogens is 1. The summed E-state index contributed by atoms with van der Waals surface area (Å²) in [6, 6.07) is 11.7. The average Bonchev–Trinajstić information content (AvgIpc) is 2.32. The van der Waals surface area contributed by atoms with E-state index in [1.165, 1.54) is 0 Å². The zero-order chi connectivity index (χ0) is 13.1. The second-order valence-corrected chi connectivity index (χ2v) is 4.29. The predicted molar refractivity (Wildman–Crippen MR) is 69.7 cm³/mol. The first-order chi connectivity index (χ1) is 8.60. The maximum atomic E-state index is 9.14. The number of hydrogen-bond donors (Lipinski definition) is 0. The summed E-state index contributed by atoms with van der Waals surface area (Å²) < 4.78 is 5.68. The van der Waals surface area contributed by atoms with Crippen molar-refractivity contribution in [2.75, 3.05) is 0 Å². The molecule has 2 aromatic rings. The largest absolute Gasteiger partial charge is 0.438 e. The normalized spacial score (nSPS) is 9.89. The molecular weight excluding hydrogens is 224 g/mol. The van der Waals surface area contributed by atoms with Crippen molar-refractivity contribution in [2.45, 2.75) is 20.8 Å². The minimum absolute atomic E-state index is 0.374. The standard InChI is InChI=1S/C15H14N2O/c1-10-4-6-13(7-5-10)18-15-14(9-16)11(2)8-12(3)17-15/h4-8H,1-3H3. The Balaban J connectivity index is 2.40. The molecule has 18 heavy (non-hydrogen) atoms. The fourth-order valence-corrected chi connectivity index (χ4v) is 1.73. The molecule has 90 valence electrons. The third-order valence-corrected chi connectivity index (χ3v) is 2.66. The lowest BCUT2D eigenvalue weighted by atomic mass is 10.1. The molecule has 0 aliphatic carbocycles. The van der Waals surface area contributed by atoms with Crippen molar-refractivity contribution < 1.29 is 4.74 Å². The quantitative estimate of drug-likeness (QED) is 0.801. The zero-order valence-electron chi connectivity index (χ0n) is 10.7. The summed E-state index contributed by atoms with van der Waals surface area (Å²) in [5.41, 5.74) is 3.37. The van der Waals surface area contributed by atoms with Crippen molar-refractivity contribution in [1.82, 2.24) is 4.98 Å². The number of benzene rings is 1. The summed E-state index contributed by atoms with van der Waals surface area (Å²) in [6.07, 6.45) is 0. The Kier molecular flexibility index (Phi) is 3.29. The highest BCUT2D eigenvalue weighted by Gasteiger charge is 2.10. The van der Waals surface area contributed by atoms with Gasteiger partial charge in [0.05, 0.1) is 0 Å². The number of nitrogens with zero attached hydrogens (tertiary/aromatic N) is 2. The minimum Gasteiger partial charge on any atom is -0.438 e. The molecule has 3 nitrogen and oxygen atoms in total. The molecule has 0 aliphatic heterocycles. The van der Waals surface area contributed by atoms with Crippen molar-refractivity contribution in [3.8, 4) is 17.7 Å². The summed E-state index contributed by atoms with van der Waals surface area (Å²) >= 11 is 0. The molecular formula is C15H14N2O. The van der Waals surface area contributed by atoms with Crippen LogP contribution in [0.4, 0.5) is 0 Å². The van der Waals surface area contributed by atoms with Crippen molar-refractivity contribution >= 4 is 0 Å². The molecule has 2 rings (SSSR count). The maximum Gasteiger partial charge on any atom is 0.237 e. The van der Waals surface area contributed by atoms with Crippen LogP contribution in [0.5, 0.6) is 11.6 Å². The highest BCUT2D eigenvalue weighted by Crippen LogP contribution is 2.25. The summed E-state index contributed by atoms with van der Waals surface area (Å²) in [4.78, 5) is 4.28. The first-order valence-corrected chi connectivity index (χ1v) is 5.73. The lowest BCUT2D eigenvalue weighted by Crippen LogP contribution is -1.96. The topological polar surface area (TPSA) is 45.9 Å². The zero-order valence-corrected chi connectivity index (χ0v) is 10.7. The van der Waals surface area contributed by atoms with Gasteiger partial charge in [0, 0.05) is 5.69 Å². The van der Waals surface area contributed by atoms with Crippen molar-refractivity contribution in [3.63, 3.8) is 0 Å². The smallest absolute Gasteiger partial charge is 0.237 e. The molecule has 1 aromatic carbocycles. The summed E-state index contributed by atoms with van der Waals surface area (Å²) in [7, 11) is 0. The van der Waals surface area contributed by atoms with Gasteiger partial charge in [0.15, 0.2) is 0 Å². The van der Waals surface area contributed by atoms with Crippen molar-refractivity contribution in [2.24, 2.45) is 0 Å². The number of aryl methyl sites for hydroxylation is 3. The molecule has 0 saturated heterocycles. The molecule has 0 spiro atoms. The number of nitriles is 1. The molecule has 1 aromatic heterocycles. The second kappa shape index (κ2) is 4.89. The first kappa shape index (κ1) is 12.1. The Morgan fingerprint density at radius 1 is 1.11 bits per heavy atom. The first-order valence-electron chi connectivity index (χ1n) is 5.73. The van der Waals surface area contributed by atoms with Gasteiger partial charge in [-0.15, -0.1) is 0 Å². The van der Waals surface area contributed by atoms with E-state index >= 15 is 0 Å². The highest BCUT2D eigenvalue weighted by molar-refractivity contribution is 5.46. The summed E-state index contributed by atoms with van der Waals surface area (Å²) in [5, 5.41) is 9.14. The van der Waals surface area contributed by atoms with Crippen LogP contribution in [0, 0.1) is 32.1 Å². The molecule has 0 unspecified atom stereocenters. The Labute approximate surface area is 107 Å². The minimum atomic E-state index is 0.374. The van der Waals surface area contributed by atoms with E-state index in [1.54, 1.807) is 0 Å². The van der Waals surface area contributed by atoms with Gasteiger partial charge in [-0.05, 0) is 44.5 Å². The van der Waals surface area contributed by atoms with Crippen molar-refractivity contribution in [1.29, 1.82) is 5.26 Å². The summed E-state index contributed by atoms with van der Waals surface area (Å²) in [6.45, 7) is 5.78. The SMILES string of the molecule is Cc1ccc(Oc2nc(C)cc(C)c2C#N)cc1.